The van der Waals surface area contributed by atoms with E-state index in [4.69, 9.17) is 0 Å². The fourth-order valence-corrected chi connectivity index (χ4v) is 0. The third-order valence-corrected chi connectivity index (χ3v) is 0.321. The number of hydrogen-bond acceptors (Lipinski definition) is 0. The topological polar surface area (TPSA) is 0 Å². The molecule has 1 radical (unpaired) electrons. The molecule has 0 spiro atoms. The van der Waals surface area contributed by atoms with E-state index in [2.05, 4.69) is 0 Å². The number of halogens is 6. The van der Waals surface area contributed by atoms with Gasteiger partial charge in [-0.3, -0.25) is 0 Å². The normalized spacial score (nSPS) is 12.7. The largest absolute Gasteiger partial charge is 0.487 e. The van der Waals surface area contributed by atoms with Crippen LogP contribution < -0.4 is 0 Å². The van der Waals surface area contributed by atoms with Gasteiger partial charge < -0.3 is 0 Å². The standard InChI is InChI=1S/C2F6.Ag/c3-1(4,5)2(6,7)8;. The Balaban J connectivity index is 0. The Bertz CT molecular complexity index is 66.0. The molecule has 0 fully saturated rings. The predicted octanol–water partition coefficient (Wildman–Crippen LogP) is 2.11. The molecule has 0 unspecified atom stereocenters. The molecule has 0 rings (SSSR count). The van der Waals surface area contributed by atoms with Crippen LogP contribution in [0.15, 0.2) is 0 Å². The Hall–Kier alpha value is 0.320. The third kappa shape index (κ3) is 3.83. The SMILES string of the molecule is FC(F)(F)C(F)(F)F.[Ag]. The van der Waals surface area contributed by atoms with Crippen LogP contribution in [0.3, 0.4) is 0 Å². The second-order valence-corrected chi connectivity index (χ2v) is 0.996. The van der Waals surface area contributed by atoms with Crippen molar-refractivity contribution in [2.75, 3.05) is 0 Å². The Morgan fingerprint density at radius 1 is 0.556 bits per heavy atom. The minimum Gasteiger partial charge on any atom is -0.162 e. The quantitative estimate of drug-likeness (QED) is 0.453. The first-order valence-corrected chi connectivity index (χ1v) is 1.38. The van der Waals surface area contributed by atoms with Gasteiger partial charge in [-0.05, 0) is 0 Å². The second-order valence-electron chi connectivity index (χ2n) is 0.996. The molecule has 0 atom stereocenters. The van der Waals surface area contributed by atoms with Crippen LogP contribution in [0.4, 0.5) is 26.3 Å². The number of alkyl halides is 6. The van der Waals surface area contributed by atoms with Crippen LogP contribution in [-0.4, -0.2) is 12.4 Å². The summed E-state index contributed by atoms with van der Waals surface area (Å²) >= 11 is 0. The van der Waals surface area contributed by atoms with Crippen LogP contribution in [0.5, 0.6) is 0 Å². The zero-order chi connectivity index (χ0) is 7.00. The molecular formula is C2AgF6. The summed E-state index contributed by atoms with van der Waals surface area (Å²) < 4.78 is 62.6. The molecule has 0 aromatic carbocycles. The van der Waals surface area contributed by atoms with Gasteiger partial charge in [0.15, 0.2) is 0 Å². The van der Waals surface area contributed by atoms with Gasteiger partial charge in [0.2, 0.25) is 0 Å². The van der Waals surface area contributed by atoms with Crippen molar-refractivity contribution in [1.82, 2.24) is 0 Å². The van der Waals surface area contributed by atoms with Gasteiger partial charge in [-0.15, -0.1) is 0 Å². The Morgan fingerprint density at radius 3 is 0.667 bits per heavy atom. The maximum Gasteiger partial charge on any atom is 0.487 e. The van der Waals surface area contributed by atoms with E-state index in [9.17, 15) is 26.3 Å². The van der Waals surface area contributed by atoms with Crippen LogP contribution in [0.25, 0.3) is 0 Å². The van der Waals surface area contributed by atoms with Crippen molar-refractivity contribution in [3.05, 3.63) is 0 Å². The molecule has 0 aliphatic heterocycles. The van der Waals surface area contributed by atoms with Crippen LogP contribution >= 0.6 is 0 Å². The van der Waals surface area contributed by atoms with E-state index in [0.29, 0.717) is 0 Å². The summed E-state index contributed by atoms with van der Waals surface area (Å²) in [4.78, 5) is 0. The molecule has 0 aromatic heterocycles. The Kier molecular flexibility index (Phi) is 3.93. The molecule has 0 aromatic rings. The van der Waals surface area contributed by atoms with Gasteiger partial charge in [-0.2, -0.15) is 26.3 Å². The molecule has 0 saturated carbocycles. The second kappa shape index (κ2) is 2.94. The average Bonchev–Trinajstić information content (AvgIpc) is 1.25. The van der Waals surface area contributed by atoms with Crippen molar-refractivity contribution >= 4 is 0 Å². The van der Waals surface area contributed by atoms with E-state index >= 15 is 0 Å². The fourth-order valence-electron chi connectivity index (χ4n) is 0. The van der Waals surface area contributed by atoms with Gasteiger partial charge in [-0.1, -0.05) is 0 Å². The van der Waals surface area contributed by atoms with Crippen molar-refractivity contribution in [3.63, 3.8) is 0 Å². The molecule has 0 aliphatic rings. The maximum atomic E-state index is 10.4. The first-order valence-electron chi connectivity index (χ1n) is 1.38. The molecule has 0 nitrogen and oxygen atoms in total. The Morgan fingerprint density at radius 2 is 0.667 bits per heavy atom. The van der Waals surface area contributed by atoms with Crippen LogP contribution in [-0.2, 0) is 22.4 Å². The van der Waals surface area contributed by atoms with E-state index in [1.54, 1.807) is 0 Å². The van der Waals surface area contributed by atoms with E-state index in [-0.39, 0.29) is 22.4 Å². The van der Waals surface area contributed by atoms with Crippen molar-refractivity contribution in [2.45, 2.75) is 12.4 Å². The summed E-state index contributed by atoms with van der Waals surface area (Å²) in [6.07, 6.45) is -12.1. The first kappa shape index (κ1) is 12.0. The molecule has 61 valence electrons. The van der Waals surface area contributed by atoms with Gasteiger partial charge in [0.05, 0.1) is 0 Å². The van der Waals surface area contributed by atoms with Crippen molar-refractivity contribution in [3.8, 4) is 0 Å². The molecule has 0 amide bonds. The monoisotopic (exact) mass is 245 g/mol. The molecule has 0 aliphatic carbocycles. The van der Waals surface area contributed by atoms with Gasteiger partial charge in [0.25, 0.3) is 0 Å². The van der Waals surface area contributed by atoms with Crippen LogP contribution in [0.2, 0.25) is 0 Å². The summed E-state index contributed by atoms with van der Waals surface area (Å²) in [5.41, 5.74) is 0. The van der Waals surface area contributed by atoms with Crippen LogP contribution in [0.1, 0.15) is 0 Å². The minimum atomic E-state index is -6.06. The van der Waals surface area contributed by atoms with E-state index in [1.165, 1.54) is 0 Å². The molecule has 7 heteroatoms. The summed E-state index contributed by atoms with van der Waals surface area (Å²) in [5.74, 6) is 0. The minimum absolute atomic E-state index is 0. The first-order chi connectivity index (χ1) is 3.25. The molecule has 0 heterocycles. The predicted molar refractivity (Wildman–Crippen MR) is 12.1 cm³/mol. The third-order valence-electron chi connectivity index (χ3n) is 0.321. The summed E-state index contributed by atoms with van der Waals surface area (Å²) in [6, 6.07) is 0. The van der Waals surface area contributed by atoms with Gasteiger partial charge in [-0.25, -0.2) is 0 Å². The van der Waals surface area contributed by atoms with Crippen molar-refractivity contribution < 1.29 is 48.7 Å². The van der Waals surface area contributed by atoms with E-state index in [0.717, 1.165) is 0 Å². The molecule has 9 heavy (non-hydrogen) atoms. The summed E-state index contributed by atoms with van der Waals surface area (Å²) in [6.45, 7) is 0. The molecule has 0 saturated heterocycles. The summed E-state index contributed by atoms with van der Waals surface area (Å²) in [5, 5.41) is 0. The Labute approximate surface area is 61.7 Å². The van der Waals surface area contributed by atoms with Gasteiger partial charge >= 0.3 is 12.4 Å². The van der Waals surface area contributed by atoms with E-state index < -0.39 is 12.4 Å². The van der Waals surface area contributed by atoms with Gasteiger partial charge in [0, 0.05) is 22.4 Å². The maximum absolute atomic E-state index is 10.4. The zero-order valence-corrected chi connectivity index (χ0v) is 5.05. The molecule has 0 N–H and O–H groups in total. The van der Waals surface area contributed by atoms with Crippen molar-refractivity contribution in [2.24, 2.45) is 0 Å². The average molecular weight is 246 g/mol. The molecular weight excluding hydrogens is 246 g/mol. The number of rotatable bonds is 0. The van der Waals surface area contributed by atoms with Crippen molar-refractivity contribution in [1.29, 1.82) is 0 Å². The van der Waals surface area contributed by atoms with Gasteiger partial charge in [0.1, 0.15) is 0 Å². The number of hydrogen-bond donors (Lipinski definition) is 0. The fraction of sp³-hybridized carbons (Fsp3) is 1.00. The smallest absolute Gasteiger partial charge is 0.162 e. The molecule has 0 bridgehead atoms. The zero-order valence-electron chi connectivity index (χ0n) is 3.57. The van der Waals surface area contributed by atoms with E-state index in [1.807, 2.05) is 0 Å². The summed E-state index contributed by atoms with van der Waals surface area (Å²) in [7, 11) is 0. The van der Waals surface area contributed by atoms with Crippen LogP contribution in [0, 0.1) is 0 Å².